The van der Waals surface area contributed by atoms with E-state index >= 15 is 0 Å². The van der Waals surface area contributed by atoms with Crippen LogP contribution in [0.25, 0.3) is 0 Å². The Kier molecular flexibility index (Phi) is 7.01. The molecule has 6 heteroatoms. The maximum Gasteiger partial charge on any atom is 0.248 e. The average Bonchev–Trinajstić information content (AvgIpc) is 2.48. The van der Waals surface area contributed by atoms with E-state index in [-0.39, 0.29) is 10.8 Å². The van der Waals surface area contributed by atoms with Gasteiger partial charge < -0.3 is 5.32 Å². The second-order valence-corrected chi connectivity index (χ2v) is 6.43. The van der Waals surface area contributed by atoms with Gasteiger partial charge in [0.15, 0.2) is 0 Å². The van der Waals surface area contributed by atoms with Crippen LogP contribution in [-0.4, -0.2) is 31.7 Å². The van der Waals surface area contributed by atoms with Crippen molar-refractivity contribution in [2.45, 2.75) is 25.7 Å². The number of hydrogen-bond acceptors (Lipinski definition) is 3. The maximum absolute atomic E-state index is 12.4. The van der Waals surface area contributed by atoms with Gasteiger partial charge >= 0.3 is 0 Å². The molecule has 1 N–H and O–H groups in total. The maximum atomic E-state index is 12.4. The molecule has 0 aliphatic rings. The van der Waals surface area contributed by atoms with Gasteiger partial charge in [-0.25, -0.2) is 8.42 Å². The van der Waals surface area contributed by atoms with Gasteiger partial charge in [0, 0.05) is 24.9 Å². The smallest absolute Gasteiger partial charge is 0.248 e. The van der Waals surface area contributed by atoms with Gasteiger partial charge in [-0.15, -0.1) is 0 Å². The van der Waals surface area contributed by atoms with Crippen molar-refractivity contribution in [3.63, 3.8) is 0 Å². The second-order valence-electron chi connectivity index (χ2n) is 4.49. The van der Waals surface area contributed by atoms with Gasteiger partial charge in [-0.1, -0.05) is 38.1 Å². The molecule has 0 aliphatic carbocycles. The molecule has 120 valence electrons. The van der Waals surface area contributed by atoms with Crippen LogP contribution in [0.5, 0.6) is 0 Å². The van der Waals surface area contributed by atoms with Gasteiger partial charge in [0.1, 0.15) is 0 Å². The molecule has 0 heterocycles. The molecule has 0 radical (unpaired) electrons. The van der Waals surface area contributed by atoms with E-state index in [0.29, 0.717) is 18.8 Å². The molecule has 1 aromatic carbocycles. The van der Waals surface area contributed by atoms with Crippen LogP contribution in [0.3, 0.4) is 0 Å². The summed E-state index contributed by atoms with van der Waals surface area (Å²) < 4.78 is 26.2. The molecule has 0 aliphatic heterocycles. The molecule has 5 nitrogen and oxygen atoms in total. The second kappa shape index (κ2) is 8.51. The van der Waals surface area contributed by atoms with Crippen molar-refractivity contribution in [2.75, 3.05) is 18.4 Å². The number of sulfonamides is 1. The molecule has 0 unspecified atom stereocenters. The van der Waals surface area contributed by atoms with Crippen molar-refractivity contribution in [3.05, 3.63) is 48.6 Å². The fourth-order valence-corrected chi connectivity index (χ4v) is 3.39. The van der Waals surface area contributed by atoms with Gasteiger partial charge in [-0.2, -0.15) is 4.31 Å². The molecular weight excluding hydrogens is 300 g/mol. The molecule has 22 heavy (non-hydrogen) atoms. The summed E-state index contributed by atoms with van der Waals surface area (Å²) >= 11 is 0. The van der Waals surface area contributed by atoms with Crippen LogP contribution in [0.2, 0.25) is 0 Å². The molecule has 0 atom stereocenters. The minimum absolute atomic E-state index is 0.173. The number of anilines is 1. The van der Waals surface area contributed by atoms with Crippen LogP contribution >= 0.6 is 0 Å². The van der Waals surface area contributed by atoms with Crippen molar-refractivity contribution < 1.29 is 13.2 Å². The summed E-state index contributed by atoms with van der Waals surface area (Å²) in [5.41, 5.74) is 0.448. The lowest BCUT2D eigenvalue weighted by Gasteiger charge is -2.18. The Bertz CT molecular complexity index is 660. The number of nitrogens with zero attached hydrogens (tertiary/aromatic N) is 1. The number of allylic oxidation sites excluding steroid dienone is 3. The van der Waals surface area contributed by atoms with E-state index in [0.717, 1.165) is 0 Å². The normalized spacial score (nSPS) is 12.4. The Labute approximate surface area is 132 Å². The highest BCUT2D eigenvalue weighted by molar-refractivity contribution is 7.89. The highest BCUT2D eigenvalue weighted by Gasteiger charge is 2.21. The van der Waals surface area contributed by atoms with Gasteiger partial charge in [0.25, 0.3) is 0 Å². The zero-order chi connectivity index (χ0) is 16.6. The number of hydrogen-bond donors (Lipinski definition) is 1. The summed E-state index contributed by atoms with van der Waals surface area (Å²) in [5, 5.41) is 2.65. The first-order valence-corrected chi connectivity index (χ1v) is 8.60. The topological polar surface area (TPSA) is 66.5 Å². The highest BCUT2D eigenvalue weighted by atomic mass is 32.2. The molecule has 1 rings (SSSR count). The number of amides is 1. The summed E-state index contributed by atoms with van der Waals surface area (Å²) in [6.45, 7) is 6.24. The Balaban J connectivity index is 2.97. The largest absolute Gasteiger partial charge is 0.322 e. The van der Waals surface area contributed by atoms with Crippen molar-refractivity contribution in [3.8, 4) is 0 Å². The Morgan fingerprint density at radius 1 is 1.23 bits per heavy atom. The first-order chi connectivity index (χ1) is 10.5. The number of carbonyl (C=O) groups is 1. The Morgan fingerprint density at radius 3 is 2.50 bits per heavy atom. The highest BCUT2D eigenvalue weighted by Crippen LogP contribution is 2.19. The van der Waals surface area contributed by atoms with E-state index < -0.39 is 10.0 Å². The monoisotopic (exact) mass is 322 g/mol. The van der Waals surface area contributed by atoms with E-state index in [1.807, 2.05) is 6.92 Å². The molecular formula is C16H22N2O3S. The van der Waals surface area contributed by atoms with Gasteiger partial charge in [0.05, 0.1) is 4.90 Å². The molecule has 1 amide bonds. The van der Waals surface area contributed by atoms with Crippen LogP contribution in [0.15, 0.2) is 53.5 Å². The van der Waals surface area contributed by atoms with Crippen LogP contribution < -0.4 is 5.32 Å². The first-order valence-electron chi connectivity index (χ1n) is 7.16. The number of benzene rings is 1. The summed E-state index contributed by atoms with van der Waals surface area (Å²) in [6.07, 6.45) is 6.54. The Hall–Kier alpha value is -1.92. The molecule has 0 aromatic heterocycles. The first kappa shape index (κ1) is 18.1. The molecule has 0 bridgehead atoms. The zero-order valence-electron chi connectivity index (χ0n) is 13.1. The van der Waals surface area contributed by atoms with Gasteiger partial charge in [-0.05, 0) is 25.1 Å². The van der Waals surface area contributed by atoms with Crippen molar-refractivity contribution >= 4 is 21.6 Å². The predicted molar refractivity (Wildman–Crippen MR) is 89.1 cm³/mol. The molecule has 0 fully saturated rings. The minimum atomic E-state index is -3.53. The van der Waals surface area contributed by atoms with Crippen LogP contribution in [0, 0.1) is 0 Å². The van der Waals surface area contributed by atoms with Crippen molar-refractivity contribution in [1.29, 1.82) is 0 Å². The summed E-state index contributed by atoms with van der Waals surface area (Å²) in [4.78, 5) is 11.9. The lowest BCUT2D eigenvalue weighted by atomic mass is 10.3. The van der Waals surface area contributed by atoms with E-state index in [2.05, 4.69) is 5.32 Å². The predicted octanol–water partition coefficient (Wildman–Crippen LogP) is 2.79. The van der Waals surface area contributed by atoms with Crippen molar-refractivity contribution in [1.82, 2.24) is 4.31 Å². The van der Waals surface area contributed by atoms with Crippen molar-refractivity contribution in [2.24, 2.45) is 0 Å². The number of nitrogens with one attached hydrogen (secondary N) is 1. The minimum Gasteiger partial charge on any atom is -0.322 e. The van der Waals surface area contributed by atoms with Gasteiger partial charge in [0.2, 0.25) is 15.9 Å². The quantitative estimate of drug-likeness (QED) is 0.620. The third-order valence-electron chi connectivity index (χ3n) is 3.00. The third kappa shape index (κ3) is 4.82. The average molecular weight is 322 g/mol. The van der Waals surface area contributed by atoms with E-state index in [1.54, 1.807) is 44.2 Å². The lowest BCUT2D eigenvalue weighted by Crippen LogP contribution is -2.30. The lowest BCUT2D eigenvalue weighted by molar-refractivity contribution is -0.111. The summed E-state index contributed by atoms with van der Waals surface area (Å²) in [7, 11) is -3.53. The standard InChI is InChI=1S/C16H22N2O3S/c1-4-7-8-12-16(19)17-14-10-9-11-15(13-14)22(20,21)18(5-2)6-3/h4,7-13H,5-6H2,1-3H3,(H,17,19)/b7-4+,12-8+. The number of rotatable bonds is 7. The van der Waals surface area contributed by atoms with Crippen LogP contribution in [0.4, 0.5) is 5.69 Å². The zero-order valence-corrected chi connectivity index (χ0v) is 13.9. The number of carbonyl (C=O) groups excluding carboxylic acids is 1. The molecule has 0 saturated carbocycles. The Morgan fingerprint density at radius 2 is 1.91 bits per heavy atom. The van der Waals surface area contributed by atoms with E-state index in [1.165, 1.54) is 22.5 Å². The van der Waals surface area contributed by atoms with E-state index in [4.69, 9.17) is 0 Å². The third-order valence-corrected chi connectivity index (χ3v) is 5.04. The summed E-state index contributed by atoms with van der Waals surface area (Å²) in [6, 6.07) is 6.26. The SMILES string of the molecule is C/C=C/C=C/C(=O)Nc1cccc(S(=O)(=O)N(CC)CC)c1. The fraction of sp³-hybridized carbons (Fsp3) is 0.312. The van der Waals surface area contributed by atoms with Crippen LogP contribution in [0.1, 0.15) is 20.8 Å². The van der Waals surface area contributed by atoms with Gasteiger partial charge in [-0.3, -0.25) is 4.79 Å². The molecule has 0 spiro atoms. The van der Waals surface area contributed by atoms with E-state index in [9.17, 15) is 13.2 Å². The molecule has 0 saturated heterocycles. The fourth-order valence-electron chi connectivity index (χ4n) is 1.88. The van der Waals surface area contributed by atoms with Crippen LogP contribution in [-0.2, 0) is 14.8 Å². The summed E-state index contributed by atoms with van der Waals surface area (Å²) in [5.74, 6) is -0.310. The molecule has 1 aromatic rings.